The number of benzene rings is 1. The number of H-pyrrole nitrogens is 1. The fraction of sp³-hybridized carbons (Fsp3) is 0.381. The van der Waals surface area contributed by atoms with Crippen LogP contribution in [0.2, 0.25) is 0 Å². The molecule has 1 aromatic carbocycles. The third kappa shape index (κ3) is 5.51. The Labute approximate surface area is 218 Å². The summed E-state index contributed by atoms with van der Waals surface area (Å²) in [4.78, 5) is 56.6. The Kier molecular flexibility index (Phi) is 6.90. The second kappa shape index (κ2) is 10.2. The van der Waals surface area contributed by atoms with Crippen molar-refractivity contribution in [1.82, 2.24) is 19.5 Å². The Morgan fingerprint density at radius 2 is 2.15 bits per heavy atom. The molecule has 1 saturated heterocycles. The molecule has 0 bridgehead atoms. The number of amides is 1. The van der Waals surface area contributed by atoms with Crippen molar-refractivity contribution >= 4 is 42.5 Å². The molecule has 5 rings (SSSR count). The minimum Gasteiger partial charge on any atom is -0.460 e. The zero-order valence-corrected chi connectivity index (χ0v) is 21.3. The number of phosphoric ester groups is 1. The minimum atomic E-state index is -4.15. The Hall–Kier alpha value is -4.18. The number of nitrogens with zero attached hydrogens (tertiary/aromatic N) is 4. The molecule has 2 aliphatic heterocycles. The lowest BCUT2D eigenvalue weighted by atomic mass is 10.2. The highest BCUT2D eigenvalue weighted by atomic mass is 31.2. The van der Waals surface area contributed by atoms with Gasteiger partial charge in [0.25, 0.3) is 11.2 Å². The molecule has 0 spiro atoms. The summed E-state index contributed by atoms with van der Waals surface area (Å²) in [6.45, 7) is 1.83. The number of nitro groups is 1. The van der Waals surface area contributed by atoms with Crippen molar-refractivity contribution < 1.29 is 42.1 Å². The normalized spacial score (nSPS) is 24.1. The van der Waals surface area contributed by atoms with Crippen molar-refractivity contribution in [2.24, 2.45) is 0 Å². The van der Waals surface area contributed by atoms with Crippen molar-refractivity contribution in [3.05, 3.63) is 50.6 Å². The lowest BCUT2D eigenvalue weighted by Gasteiger charge is -2.26. The van der Waals surface area contributed by atoms with E-state index in [-0.39, 0.29) is 48.2 Å². The number of hydrogen-bond donors (Lipinski definition) is 2. The number of esters is 1. The molecule has 1 fully saturated rings. The van der Waals surface area contributed by atoms with Gasteiger partial charge in [-0.25, -0.2) is 9.55 Å². The van der Waals surface area contributed by atoms with Gasteiger partial charge in [-0.3, -0.25) is 48.4 Å². The van der Waals surface area contributed by atoms with E-state index < -0.39 is 48.6 Å². The van der Waals surface area contributed by atoms with E-state index in [1.165, 1.54) is 42.9 Å². The standard InChI is InChI=1S/C21H21N6O11P/c1-10(28)23-21-24-19-18(20(30)25-21)22-9-26(19)17-6-15(36-11(2)29)16(37-17)8-35-39(33)34-7-12-5-13(27(31)32)3-4-14(12)38-39/h3-5,9,15-17H,6-8H2,1-2H3,(H2,23,24,25,28,30)/t15-,16+,17+,39?/m0/s1. The van der Waals surface area contributed by atoms with Crippen LogP contribution in [0.5, 0.6) is 5.75 Å². The summed E-state index contributed by atoms with van der Waals surface area (Å²) in [5, 5.41) is 13.4. The Morgan fingerprint density at radius 1 is 1.36 bits per heavy atom. The molecule has 2 aliphatic rings. The molecule has 17 nitrogen and oxygen atoms in total. The Bertz CT molecular complexity index is 1590. The van der Waals surface area contributed by atoms with Crippen LogP contribution in [0.15, 0.2) is 29.3 Å². The predicted octanol–water partition coefficient (Wildman–Crippen LogP) is 1.94. The lowest BCUT2D eigenvalue weighted by Crippen LogP contribution is -2.30. The first kappa shape index (κ1) is 26.4. The topological polar surface area (TPSA) is 216 Å². The van der Waals surface area contributed by atoms with Gasteiger partial charge in [-0.05, 0) is 6.07 Å². The van der Waals surface area contributed by atoms with Crippen molar-refractivity contribution in [2.45, 2.75) is 45.3 Å². The summed E-state index contributed by atoms with van der Waals surface area (Å²) in [5.74, 6) is -1.03. The van der Waals surface area contributed by atoms with E-state index in [0.29, 0.717) is 5.56 Å². The zero-order valence-electron chi connectivity index (χ0n) is 20.4. The number of aromatic amines is 1. The number of hydrogen-bond acceptors (Lipinski definition) is 13. The zero-order chi connectivity index (χ0) is 27.9. The summed E-state index contributed by atoms with van der Waals surface area (Å²) in [6.07, 6.45) is -1.21. The molecule has 0 radical (unpaired) electrons. The Balaban J connectivity index is 1.34. The average molecular weight is 564 g/mol. The van der Waals surface area contributed by atoms with Gasteiger partial charge in [0, 0.05) is 38.0 Å². The van der Waals surface area contributed by atoms with E-state index in [0.717, 1.165) is 0 Å². The van der Waals surface area contributed by atoms with Crippen molar-refractivity contribution in [1.29, 1.82) is 0 Å². The van der Waals surface area contributed by atoms with E-state index in [1.54, 1.807) is 0 Å². The van der Waals surface area contributed by atoms with Gasteiger partial charge in [0.15, 0.2) is 11.2 Å². The molecule has 18 heteroatoms. The van der Waals surface area contributed by atoms with Crippen LogP contribution in [0.3, 0.4) is 0 Å². The maximum atomic E-state index is 13.1. The highest BCUT2D eigenvalue weighted by molar-refractivity contribution is 7.49. The van der Waals surface area contributed by atoms with Gasteiger partial charge in [0.2, 0.25) is 11.9 Å². The minimum absolute atomic E-state index is 0.0104. The van der Waals surface area contributed by atoms with Gasteiger partial charge in [-0.1, -0.05) is 0 Å². The van der Waals surface area contributed by atoms with Crippen LogP contribution in [0.25, 0.3) is 11.2 Å². The molecule has 0 aliphatic carbocycles. The molecule has 3 aromatic rings. The van der Waals surface area contributed by atoms with Crippen molar-refractivity contribution in [2.75, 3.05) is 11.9 Å². The van der Waals surface area contributed by atoms with Gasteiger partial charge in [-0.2, -0.15) is 4.98 Å². The molecule has 0 saturated carbocycles. The van der Waals surface area contributed by atoms with Crippen LogP contribution in [-0.4, -0.2) is 55.1 Å². The average Bonchev–Trinajstić information content (AvgIpc) is 3.46. The fourth-order valence-electron chi connectivity index (χ4n) is 4.13. The van der Waals surface area contributed by atoms with E-state index in [2.05, 4.69) is 20.3 Å². The van der Waals surface area contributed by atoms with Crippen LogP contribution in [0.1, 0.15) is 32.1 Å². The number of non-ortho nitro benzene ring substituents is 1. The van der Waals surface area contributed by atoms with Crippen LogP contribution in [0, 0.1) is 10.1 Å². The second-order valence-corrected chi connectivity index (χ2v) is 10.2. The van der Waals surface area contributed by atoms with E-state index in [9.17, 15) is 29.1 Å². The highest BCUT2D eigenvalue weighted by Gasteiger charge is 2.43. The summed E-state index contributed by atoms with van der Waals surface area (Å²) in [5.41, 5.74) is -0.354. The third-order valence-electron chi connectivity index (χ3n) is 5.77. The van der Waals surface area contributed by atoms with E-state index >= 15 is 0 Å². The van der Waals surface area contributed by atoms with Crippen molar-refractivity contribution in [3.63, 3.8) is 0 Å². The lowest BCUT2D eigenvalue weighted by molar-refractivity contribution is -0.385. The predicted molar refractivity (Wildman–Crippen MR) is 129 cm³/mol. The number of phosphoric acid groups is 1. The van der Waals surface area contributed by atoms with Crippen LogP contribution >= 0.6 is 7.82 Å². The molecule has 206 valence electrons. The second-order valence-electron chi connectivity index (χ2n) is 8.59. The number of nitro benzene ring substituents is 1. The molecule has 4 heterocycles. The Morgan fingerprint density at radius 3 is 2.87 bits per heavy atom. The first-order valence-electron chi connectivity index (χ1n) is 11.4. The van der Waals surface area contributed by atoms with Crippen LogP contribution in [-0.2, 0) is 39.3 Å². The molecule has 2 aromatic heterocycles. The van der Waals surface area contributed by atoms with Crippen LogP contribution < -0.4 is 15.4 Å². The van der Waals surface area contributed by atoms with E-state index in [4.69, 9.17) is 23.0 Å². The van der Waals surface area contributed by atoms with Gasteiger partial charge < -0.3 is 14.0 Å². The summed E-state index contributed by atoms with van der Waals surface area (Å²) >= 11 is 0. The third-order valence-corrected chi connectivity index (χ3v) is 7.11. The number of carbonyl (C=O) groups is 2. The number of aromatic nitrogens is 4. The maximum absolute atomic E-state index is 13.1. The first-order chi connectivity index (χ1) is 18.5. The number of anilines is 1. The van der Waals surface area contributed by atoms with Gasteiger partial charge in [0.05, 0.1) is 24.5 Å². The number of imidazole rings is 1. The van der Waals surface area contributed by atoms with Gasteiger partial charge in [-0.15, -0.1) is 0 Å². The number of rotatable bonds is 7. The quantitative estimate of drug-likeness (QED) is 0.182. The van der Waals surface area contributed by atoms with E-state index in [1.807, 2.05) is 0 Å². The molecule has 4 atom stereocenters. The number of carbonyl (C=O) groups excluding carboxylic acids is 2. The molecule has 2 N–H and O–H groups in total. The van der Waals surface area contributed by atoms with Crippen LogP contribution in [0.4, 0.5) is 11.6 Å². The van der Waals surface area contributed by atoms with Crippen molar-refractivity contribution in [3.8, 4) is 5.75 Å². The first-order valence-corrected chi connectivity index (χ1v) is 12.9. The molecular formula is C21H21N6O11P. The number of nitrogens with one attached hydrogen (secondary N) is 2. The largest absolute Gasteiger partial charge is 0.530 e. The fourth-order valence-corrected chi connectivity index (χ4v) is 5.35. The SMILES string of the molecule is CC(=O)Nc1nc2c(ncn2[C@H]2C[C@H](OC(C)=O)[C@@H](COP3(=O)OCc4cc([N+](=O)[O-])ccc4O3)O2)c(=O)[nH]1. The summed E-state index contributed by atoms with van der Waals surface area (Å²) in [7, 11) is -4.15. The molecular weight excluding hydrogens is 543 g/mol. The molecule has 39 heavy (non-hydrogen) atoms. The smallest absolute Gasteiger partial charge is 0.460 e. The maximum Gasteiger partial charge on any atom is 0.530 e. The highest BCUT2D eigenvalue weighted by Crippen LogP contribution is 2.55. The van der Waals surface area contributed by atoms with Gasteiger partial charge in [0.1, 0.15) is 24.2 Å². The number of fused-ring (bicyclic) bond motifs is 2. The summed E-state index contributed by atoms with van der Waals surface area (Å²) < 4.78 is 42.0. The summed E-state index contributed by atoms with van der Waals surface area (Å²) in [6, 6.07) is 3.73. The monoisotopic (exact) mass is 564 g/mol. The number of ether oxygens (including phenoxy) is 2. The van der Waals surface area contributed by atoms with Gasteiger partial charge >= 0.3 is 13.8 Å². The molecule has 1 unspecified atom stereocenters. The molecule has 1 amide bonds.